The molecule has 19 heavy (non-hydrogen) atoms. The lowest BCUT2D eigenvalue weighted by Crippen LogP contribution is -2.15. The monoisotopic (exact) mass is 277 g/mol. The number of nitrogens with zero attached hydrogens (tertiary/aromatic N) is 1. The van der Waals surface area contributed by atoms with Crippen LogP contribution in [0.4, 0.5) is 24.8 Å². The zero-order valence-corrected chi connectivity index (χ0v) is 11.1. The van der Waals surface area contributed by atoms with Gasteiger partial charge in [-0.2, -0.15) is 13.2 Å². The summed E-state index contributed by atoms with van der Waals surface area (Å²) in [5.41, 5.74) is -0.737. The lowest BCUT2D eigenvalue weighted by molar-refractivity contribution is -0.137. The van der Waals surface area contributed by atoms with E-state index < -0.39 is 11.7 Å². The van der Waals surface area contributed by atoms with E-state index in [0.29, 0.717) is 13.2 Å². The van der Waals surface area contributed by atoms with E-state index in [1.165, 1.54) is 7.05 Å². The molecule has 0 saturated heterocycles. The lowest BCUT2D eigenvalue weighted by Gasteiger charge is -2.13. The third kappa shape index (κ3) is 5.34. The SMILES string of the molecule is CNc1cc(C(F)(F)F)cc(NCCOC(C)C)n1. The van der Waals surface area contributed by atoms with Gasteiger partial charge in [0.15, 0.2) is 0 Å². The Balaban J connectivity index is 2.72. The Kier molecular flexibility index (Phi) is 5.41. The van der Waals surface area contributed by atoms with Gasteiger partial charge in [0.2, 0.25) is 0 Å². The average molecular weight is 277 g/mol. The van der Waals surface area contributed by atoms with Gasteiger partial charge >= 0.3 is 6.18 Å². The van der Waals surface area contributed by atoms with E-state index in [-0.39, 0.29) is 17.7 Å². The third-order valence-corrected chi connectivity index (χ3v) is 2.27. The molecule has 1 rings (SSSR count). The first-order valence-electron chi connectivity index (χ1n) is 5.95. The van der Waals surface area contributed by atoms with Crippen molar-refractivity contribution in [1.82, 2.24) is 4.98 Å². The minimum absolute atomic E-state index is 0.0872. The number of ether oxygens (including phenoxy) is 1. The first-order chi connectivity index (χ1) is 8.82. The maximum atomic E-state index is 12.7. The van der Waals surface area contributed by atoms with Crippen LogP contribution >= 0.6 is 0 Å². The summed E-state index contributed by atoms with van der Waals surface area (Å²) < 4.78 is 43.3. The van der Waals surface area contributed by atoms with Crippen LogP contribution in [0.25, 0.3) is 0 Å². The number of nitrogens with one attached hydrogen (secondary N) is 2. The maximum absolute atomic E-state index is 12.7. The Bertz CT molecular complexity index is 408. The summed E-state index contributed by atoms with van der Waals surface area (Å²) in [4.78, 5) is 4.00. The lowest BCUT2D eigenvalue weighted by atomic mass is 10.2. The smallest absolute Gasteiger partial charge is 0.377 e. The molecule has 0 aliphatic carbocycles. The summed E-state index contributed by atoms with van der Waals surface area (Å²) in [5.74, 6) is 0.341. The van der Waals surface area contributed by atoms with E-state index in [1.54, 1.807) is 0 Å². The van der Waals surface area contributed by atoms with E-state index in [0.717, 1.165) is 12.1 Å². The molecule has 108 valence electrons. The maximum Gasteiger partial charge on any atom is 0.416 e. The van der Waals surface area contributed by atoms with Crippen LogP contribution in [0.5, 0.6) is 0 Å². The van der Waals surface area contributed by atoms with Gasteiger partial charge in [0.1, 0.15) is 11.6 Å². The van der Waals surface area contributed by atoms with E-state index >= 15 is 0 Å². The standard InChI is InChI=1S/C12H18F3N3O/c1-8(2)19-5-4-17-11-7-9(12(13,14)15)6-10(16-3)18-11/h6-8H,4-5H2,1-3H3,(H2,16,17,18). The molecule has 4 nitrogen and oxygen atoms in total. The molecule has 0 unspecified atom stereocenters. The Morgan fingerprint density at radius 2 is 1.89 bits per heavy atom. The zero-order valence-electron chi connectivity index (χ0n) is 11.1. The van der Waals surface area contributed by atoms with E-state index in [9.17, 15) is 13.2 Å². The zero-order chi connectivity index (χ0) is 14.5. The first-order valence-corrected chi connectivity index (χ1v) is 5.95. The van der Waals surface area contributed by atoms with Gasteiger partial charge in [-0.3, -0.25) is 0 Å². The van der Waals surface area contributed by atoms with Crippen molar-refractivity contribution in [3.8, 4) is 0 Å². The molecule has 0 spiro atoms. The molecule has 1 heterocycles. The summed E-state index contributed by atoms with van der Waals surface area (Å²) in [5, 5.41) is 5.42. The molecule has 0 aliphatic heterocycles. The normalized spacial score (nSPS) is 11.7. The fraction of sp³-hybridized carbons (Fsp3) is 0.583. The highest BCUT2D eigenvalue weighted by molar-refractivity contribution is 5.49. The van der Waals surface area contributed by atoms with Crippen molar-refractivity contribution in [2.24, 2.45) is 0 Å². The molecule has 0 amide bonds. The van der Waals surface area contributed by atoms with Crippen LogP contribution in [0.1, 0.15) is 19.4 Å². The van der Waals surface area contributed by atoms with Crippen LogP contribution < -0.4 is 10.6 Å². The fourth-order valence-corrected chi connectivity index (χ4v) is 1.39. The summed E-state index contributed by atoms with van der Waals surface area (Å²) >= 11 is 0. The Morgan fingerprint density at radius 3 is 2.42 bits per heavy atom. The fourth-order valence-electron chi connectivity index (χ4n) is 1.39. The number of anilines is 2. The van der Waals surface area contributed by atoms with Gasteiger partial charge in [-0.25, -0.2) is 4.98 Å². The second kappa shape index (κ2) is 6.60. The molecular formula is C12H18F3N3O. The second-order valence-corrected chi connectivity index (χ2v) is 4.22. The molecular weight excluding hydrogens is 259 g/mol. The van der Waals surface area contributed by atoms with Crippen LogP contribution in [-0.2, 0) is 10.9 Å². The highest BCUT2D eigenvalue weighted by Gasteiger charge is 2.31. The number of hydrogen-bond donors (Lipinski definition) is 2. The van der Waals surface area contributed by atoms with Crippen molar-refractivity contribution < 1.29 is 17.9 Å². The molecule has 1 aromatic heterocycles. The number of hydrogen-bond acceptors (Lipinski definition) is 4. The van der Waals surface area contributed by atoms with Crippen molar-refractivity contribution in [3.63, 3.8) is 0 Å². The Morgan fingerprint density at radius 1 is 1.26 bits per heavy atom. The van der Waals surface area contributed by atoms with Crippen molar-refractivity contribution in [3.05, 3.63) is 17.7 Å². The van der Waals surface area contributed by atoms with Crippen molar-refractivity contribution in [2.75, 3.05) is 30.8 Å². The minimum atomic E-state index is -4.39. The van der Waals surface area contributed by atoms with Crippen LogP contribution in [0.3, 0.4) is 0 Å². The van der Waals surface area contributed by atoms with E-state index in [2.05, 4.69) is 15.6 Å². The molecule has 1 aromatic rings. The van der Waals surface area contributed by atoms with Gasteiger partial charge in [-0.05, 0) is 26.0 Å². The highest BCUT2D eigenvalue weighted by atomic mass is 19.4. The van der Waals surface area contributed by atoms with Crippen molar-refractivity contribution in [1.29, 1.82) is 0 Å². The predicted octanol–water partition coefficient (Wildman–Crippen LogP) is 2.98. The largest absolute Gasteiger partial charge is 0.416 e. The van der Waals surface area contributed by atoms with E-state index in [1.807, 2.05) is 13.8 Å². The Hall–Kier alpha value is -1.50. The van der Waals surface area contributed by atoms with Crippen LogP contribution in [0.15, 0.2) is 12.1 Å². The van der Waals surface area contributed by atoms with Crippen LogP contribution in [0, 0.1) is 0 Å². The predicted molar refractivity (Wildman–Crippen MR) is 68.4 cm³/mol. The average Bonchev–Trinajstić information content (AvgIpc) is 2.33. The number of alkyl halides is 3. The highest BCUT2D eigenvalue weighted by Crippen LogP contribution is 2.31. The molecule has 0 radical (unpaired) electrons. The van der Waals surface area contributed by atoms with Gasteiger partial charge in [0, 0.05) is 13.6 Å². The van der Waals surface area contributed by atoms with Crippen molar-refractivity contribution >= 4 is 11.6 Å². The van der Waals surface area contributed by atoms with Crippen molar-refractivity contribution in [2.45, 2.75) is 26.1 Å². The molecule has 0 bridgehead atoms. The first kappa shape index (κ1) is 15.6. The minimum Gasteiger partial charge on any atom is -0.377 e. The number of pyridine rings is 1. The molecule has 7 heteroatoms. The third-order valence-electron chi connectivity index (χ3n) is 2.27. The van der Waals surface area contributed by atoms with Crippen LogP contribution in [-0.4, -0.2) is 31.3 Å². The van der Waals surface area contributed by atoms with E-state index in [4.69, 9.17) is 4.74 Å². The number of halogens is 3. The summed E-state index contributed by atoms with van der Waals surface area (Å²) in [6.45, 7) is 4.59. The van der Waals surface area contributed by atoms with Gasteiger partial charge in [-0.1, -0.05) is 0 Å². The Labute approximate surface area is 110 Å². The van der Waals surface area contributed by atoms with Gasteiger partial charge in [-0.15, -0.1) is 0 Å². The molecule has 0 aliphatic rings. The second-order valence-electron chi connectivity index (χ2n) is 4.22. The quantitative estimate of drug-likeness (QED) is 0.785. The van der Waals surface area contributed by atoms with Crippen LogP contribution in [0.2, 0.25) is 0 Å². The van der Waals surface area contributed by atoms with Gasteiger partial charge in [0.25, 0.3) is 0 Å². The number of rotatable bonds is 6. The summed E-state index contributed by atoms with van der Waals surface area (Å²) in [7, 11) is 1.52. The summed E-state index contributed by atoms with van der Waals surface area (Å²) in [6, 6.07) is 1.95. The number of aromatic nitrogens is 1. The molecule has 0 saturated carbocycles. The topological polar surface area (TPSA) is 46.2 Å². The van der Waals surface area contributed by atoms with Gasteiger partial charge < -0.3 is 15.4 Å². The molecule has 0 aromatic carbocycles. The molecule has 0 fully saturated rings. The molecule has 0 atom stereocenters. The van der Waals surface area contributed by atoms with Gasteiger partial charge in [0.05, 0.1) is 18.3 Å². The molecule has 2 N–H and O–H groups in total. The summed E-state index contributed by atoms with van der Waals surface area (Å²) in [6.07, 6.45) is -4.30.